The van der Waals surface area contributed by atoms with Crippen molar-refractivity contribution < 1.29 is 0 Å². The minimum absolute atomic E-state index is 1.08. The highest BCUT2D eigenvalue weighted by Crippen LogP contribution is 2.51. The SMILES string of the molecule is c1ccc(-c2ccc(N(c3c(-c4ccccc4)cc(-c4ccccc4)cc3-c3ccccc3)c3cccc4c3c3ccccc3n4-c3ccccc3)cc2)cc1. The number of para-hydroxylation sites is 2. The van der Waals surface area contributed by atoms with Gasteiger partial charge in [-0.05, 0) is 88.0 Å². The van der Waals surface area contributed by atoms with Crippen LogP contribution in [0.3, 0.4) is 0 Å². The zero-order valence-corrected chi connectivity index (χ0v) is 30.8. The van der Waals surface area contributed by atoms with Crippen LogP contribution in [-0.2, 0) is 0 Å². The summed E-state index contributed by atoms with van der Waals surface area (Å²) in [6, 6.07) is 83.2. The van der Waals surface area contributed by atoms with E-state index in [-0.39, 0.29) is 0 Å². The predicted octanol–water partition coefficient (Wildman–Crippen LogP) is 14.9. The molecule has 0 aliphatic carbocycles. The molecule has 0 aliphatic rings. The van der Waals surface area contributed by atoms with Crippen molar-refractivity contribution in [2.75, 3.05) is 4.90 Å². The molecule has 10 aromatic rings. The number of hydrogen-bond acceptors (Lipinski definition) is 1. The molecule has 0 amide bonds. The Kier molecular flexibility index (Phi) is 8.55. The fraction of sp³-hybridized carbons (Fsp3) is 0. The Balaban J connectivity index is 1.34. The molecule has 56 heavy (non-hydrogen) atoms. The maximum absolute atomic E-state index is 2.51. The molecule has 1 heterocycles. The summed E-state index contributed by atoms with van der Waals surface area (Å²) in [5.74, 6) is 0. The number of rotatable bonds is 8. The molecule has 0 bridgehead atoms. The quantitative estimate of drug-likeness (QED) is 0.152. The normalized spacial score (nSPS) is 11.2. The minimum atomic E-state index is 1.08. The molecular weight excluding hydrogens is 677 g/mol. The van der Waals surface area contributed by atoms with Crippen molar-refractivity contribution in [1.82, 2.24) is 4.57 Å². The van der Waals surface area contributed by atoms with Gasteiger partial charge in [-0.1, -0.05) is 176 Å². The molecule has 0 aliphatic heterocycles. The topological polar surface area (TPSA) is 8.17 Å². The molecule has 0 atom stereocenters. The highest BCUT2D eigenvalue weighted by atomic mass is 15.2. The third kappa shape index (κ3) is 5.95. The number of aromatic nitrogens is 1. The van der Waals surface area contributed by atoms with Crippen molar-refractivity contribution in [1.29, 1.82) is 0 Å². The summed E-state index contributed by atoms with van der Waals surface area (Å²) in [5, 5.41) is 2.40. The third-order valence-electron chi connectivity index (χ3n) is 10.8. The van der Waals surface area contributed by atoms with Gasteiger partial charge in [0.25, 0.3) is 0 Å². The lowest BCUT2D eigenvalue weighted by Gasteiger charge is -2.32. The molecule has 0 saturated carbocycles. The Morgan fingerprint density at radius 1 is 0.321 bits per heavy atom. The second-order valence-corrected chi connectivity index (χ2v) is 14.1. The summed E-state index contributed by atoms with van der Waals surface area (Å²) in [6.45, 7) is 0. The molecule has 0 unspecified atom stereocenters. The Morgan fingerprint density at radius 2 is 0.768 bits per heavy atom. The van der Waals surface area contributed by atoms with Crippen LogP contribution in [0.25, 0.3) is 72.0 Å². The van der Waals surface area contributed by atoms with E-state index in [0.29, 0.717) is 0 Å². The highest BCUT2D eigenvalue weighted by molar-refractivity contribution is 6.17. The van der Waals surface area contributed by atoms with Crippen molar-refractivity contribution >= 4 is 38.9 Å². The van der Waals surface area contributed by atoms with Gasteiger partial charge in [-0.2, -0.15) is 0 Å². The molecule has 0 radical (unpaired) electrons. The van der Waals surface area contributed by atoms with E-state index < -0.39 is 0 Å². The van der Waals surface area contributed by atoms with Gasteiger partial charge in [-0.25, -0.2) is 0 Å². The van der Waals surface area contributed by atoms with Gasteiger partial charge in [0.2, 0.25) is 0 Å². The lowest BCUT2D eigenvalue weighted by molar-refractivity contribution is 1.18. The van der Waals surface area contributed by atoms with Crippen molar-refractivity contribution in [3.05, 3.63) is 231 Å². The molecule has 2 nitrogen and oxygen atoms in total. The number of anilines is 3. The summed E-state index contributed by atoms with van der Waals surface area (Å²) < 4.78 is 2.40. The summed E-state index contributed by atoms with van der Waals surface area (Å²) in [5.41, 5.74) is 16.1. The van der Waals surface area contributed by atoms with E-state index in [1.165, 1.54) is 38.5 Å². The van der Waals surface area contributed by atoms with Gasteiger partial charge < -0.3 is 9.47 Å². The minimum Gasteiger partial charge on any atom is -0.309 e. The van der Waals surface area contributed by atoms with Crippen LogP contribution in [0.5, 0.6) is 0 Å². The van der Waals surface area contributed by atoms with E-state index in [0.717, 1.165) is 50.5 Å². The van der Waals surface area contributed by atoms with Crippen LogP contribution < -0.4 is 4.90 Å². The Labute approximate surface area is 327 Å². The van der Waals surface area contributed by atoms with Gasteiger partial charge in [0.1, 0.15) is 0 Å². The van der Waals surface area contributed by atoms with Crippen LogP contribution in [0.2, 0.25) is 0 Å². The van der Waals surface area contributed by atoms with E-state index in [4.69, 9.17) is 0 Å². The molecule has 0 saturated heterocycles. The molecule has 1 aromatic heterocycles. The molecule has 2 heteroatoms. The largest absolute Gasteiger partial charge is 0.309 e. The molecule has 10 rings (SSSR count). The first-order valence-corrected chi connectivity index (χ1v) is 19.2. The summed E-state index contributed by atoms with van der Waals surface area (Å²) in [4.78, 5) is 2.51. The van der Waals surface area contributed by atoms with Crippen LogP contribution in [0.4, 0.5) is 17.1 Å². The van der Waals surface area contributed by atoms with Gasteiger partial charge in [0.05, 0.1) is 22.4 Å². The maximum atomic E-state index is 2.51. The number of benzene rings is 9. The number of nitrogens with zero attached hydrogens (tertiary/aromatic N) is 2. The molecule has 264 valence electrons. The first kappa shape index (κ1) is 33.2. The first-order chi connectivity index (χ1) is 27.8. The van der Waals surface area contributed by atoms with E-state index >= 15 is 0 Å². The fourth-order valence-electron chi connectivity index (χ4n) is 8.21. The first-order valence-electron chi connectivity index (χ1n) is 19.2. The van der Waals surface area contributed by atoms with Crippen molar-refractivity contribution in [2.24, 2.45) is 0 Å². The van der Waals surface area contributed by atoms with E-state index in [9.17, 15) is 0 Å². The lowest BCUT2D eigenvalue weighted by Crippen LogP contribution is -2.13. The molecule has 0 spiro atoms. The highest BCUT2D eigenvalue weighted by Gasteiger charge is 2.26. The number of fused-ring (bicyclic) bond motifs is 3. The second-order valence-electron chi connectivity index (χ2n) is 14.1. The maximum Gasteiger partial charge on any atom is 0.0619 e. The summed E-state index contributed by atoms with van der Waals surface area (Å²) in [6.07, 6.45) is 0. The smallest absolute Gasteiger partial charge is 0.0619 e. The Bertz CT molecular complexity index is 2860. The van der Waals surface area contributed by atoms with E-state index in [2.05, 4.69) is 240 Å². The lowest BCUT2D eigenvalue weighted by atomic mass is 9.89. The average Bonchev–Trinajstić information content (AvgIpc) is 3.63. The fourth-order valence-corrected chi connectivity index (χ4v) is 8.21. The monoisotopic (exact) mass is 714 g/mol. The standard InChI is InChI=1S/C54H38N2/c1-6-19-39(20-7-1)41-33-35-46(36-34-41)56(52-32-18-31-51-53(52)47-29-16-17-30-50(47)55(51)45-27-14-5-15-28-45)54-48(42-23-10-3-11-24-42)37-44(40-21-8-2-9-22-40)38-49(54)43-25-12-4-13-26-43/h1-38H. The molecule has 0 fully saturated rings. The summed E-state index contributed by atoms with van der Waals surface area (Å²) in [7, 11) is 0. The van der Waals surface area contributed by atoms with Crippen LogP contribution in [0.1, 0.15) is 0 Å². The van der Waals surface area contributed by atoms with Crippen LogP contribution in [0, 0.1) is 0 Å². The van der Waals surface area contributed by atoms with Crippen LogP contribution in [-0.4, -0.2) is 4.57 Å². The van der Waals surface area contributed by atoms with Crippen LogP contribution in [0.15, 0.2) is 231 Å². The summed E-state index contributed by atoms with van der Waals surface area (Å²) >= 11 is 0. The number of hydrogen-bond donors (Lipinski definition) is 0. The van der Waals surface area contributed by atoms with Gasteiger partial charge in [0.15, 0.2) is 0 Å². The van der Waals surface area contributed by atoms with Crippen molar-refractivity contribution in [2.45, 2.75) is 0 Å². The Morgan fingerprint density at radius 3 is 1.34 bits per heavy atom. The van der Waals surface area contributed by atoms with Gasteiger partial charge in [-0.15, -0.1) is 0 Å². The van der Waals surface area contributed by atoms with E-state index in [1.54, 1.807) is 0 Å². The molecular formula is C54H38N2. The van der Waals surface area contributed by atoms with Gasteiger partial charge in [-0.3, -0.25) is 0 Å². The van der Waals surface area contributed by atoms with Gasteiger partial charge >= 0.3 is 0 Å². The Hall–Kier alpha value is -7.42. The molecule has 9 aromatic carbocycles. The predicted molar refractivity (Wildman–Crippen MR) is 237 cm³/mol. The molecule has 0 N–H and O–H groups in total. The van der Waals surface area contributed by atoms with E-state index in [1.807, 2.05) is 0 Å². The van der Waals surface area contributed by atoms with Crippen LogP contribution >= 0.6 is 0 Å². The van der Waals surface area contributed by atoms with Crippen molar-refractivity contribution in [3.63, 3.8) is 0 Å². The average molecular weight is 715 g/mol. The zero-order chi connectivity index (χ0) is 37.3. The van der Waals surface area contributed by atoms with Gasteiger partial charge in [0, 0.05) is 33.3 Å². The second kappa shape index (κ2) is 14.4. The zero-order valence-electron chi connectivity index (χ0n) is 30.8. The van der Waals surface area contributed by atoms with Crippen molar-refractivity contribution in [3.8, 4) is 50.2 Å². The third-order valence-corrected chi connectivity index (χ3v) is 10.8.